The molecule has 5 heteroatoms. The molecule has 0 radical (unpaired) electrons. The van der Waals surface area contributed by atoms with Gasteiger partial charge in [0.25, 0.3) is 5.91 Å². The van der Waals surface area contributed by atoms with Crippen LogP contribution < -0.4 is 5.32 Å². The Morgan fingerprint density at radius 1 is 1.33 bits per heavy atom. The number of halogens is 1. The van der Waals surface area contributed by atoms with Gasteiger partial charge in [0, 0.05) is 11.9 Å². The van der Waals surface area contributed by atoms with Gasteiger partial charge in [-0.05, 0) is 30.7 Å². The van der Waals surface area contributed by atoms with Gasteiger partial charge in [-0.1, -0.05) is 28.8 Å². The van der Waals surface area contributed by atoms with Crippen LogP contribution in [0.4, 0.5) is 0 Å². The zero-order chi connectivity index (χ0) is 12.8. The molecule has 2 rings (SSSR count). The van der Waals surface area contributed by atoms with Crippen LogP contribution in [-0.2, 0) is 0 Å². The second-order valence-electron chi connectivity index (χ2n) is 4.80. The fourth-order valence-corrected chi connectivity index (χ4v) is 3.36. The highest BCUT2D eigenvalue weighted by molar-refractivity contribution is 9.09. The minimum atomic E-state index is -0.0520. The average Bonchev–Trinajstić information content (AvgIpc) is 2.46. The van der Waals surface area contributed by atoms with Gasteiger partial charge in [-0.3, -0.25) is 4.79 Å². The molecule has 1 aliphatic carbocycles. The average molecular weight is 312 g/mol. The predicted octanol–water partition coefficient (Wildman–Crippen LogP) is 2.41. The molecule has 1 saturated carbocycles. The molecule has 0 aliphatic heterocycles. The van der Waals surface area contributed by atoms with E-state index in [0.29, 0.717) is 17.4 Å². The Balaban J connectivity index is 1.85. The van der Waals surface area contributed by atoms with E-state index in [1.54, 1.807) is 6.07 Å². The second-order valence-corrected chi connectivity index (χ2v) is 5.45. The summed E-state index contributed by atoms with van der Waals surface area (Å²) in [6, 6.07) is 1.69. The number of carbonyl (C=O) groups is 1. The first kappa shape index (κ1) is 13.5. The molecule has 18 heavy (non-hydrogen) atoms. The topological polar surface area (TPSA) is 54.9 Å². The van der Waals surface area contributed by atoms with Crippen molar-refractivity contribution in [3.8, 4) is 0 Å². The first-order valence-corrected chi connectivity index (χ1v) is 7.54. The number of hydrogen-bond acceptors (Lipinski definition) is 3. The summed E-state index contributed by atoms with van der Waals surface area (Å²) in [7, 11) is 0. The van der Waals surface area contributed by atoms with Gasteiger partial charge < -0.3 is 5.32 Å². The highest BCUT2D eigenvalue weighted by Crippen LogP contribution is 2.30. The lowest BCUT2D eigenvalue weighted by Crippen LogP contribution is -2.34. The highest BCUT2D eigenvalue weighted by atomic mass is 79.9. The van der Waals surface area contributed by atoms with Crippen LogP contribution in [0.5, 0.6) is 0 Å². The van der Waals surface area contributed by atoms with Crippen molar-refractivity contribution in [2.45, 2.75) is 25.7 Å². The first-order valence-electron chi connectivity index (χ1n) is 6.42. The third kappa shape index (κ3) is 3.51. The number of amides is 1. The first-order chi connectivity index (χ1) is 8.81. The van der Waals surface area contributed by atoms with E-state index in [9.17, 15) is 4.79 Å². The van der Waals surface area contributed by atoms with E-state index in [2.05, 4.69) is 31.4 Å². The summed E-state index contributed by atoms with van der Waals surface area (Å²) in [5.74, 6) is 1.23. The Hall–Kier alpha value is -0.970. The van der Waals surface area contributed by atoms with E-state index >= 15 is 0 Å². The minimum absolute atomic E-state index is 0.0520. The van der Waals surface area contributed by atoms with Gasteiger partial charge >= 0.3 is 0 Å². The van der Waals surface area contributed by atoms with E-state index in [-0.39, 0.29) is 5.91 Å². The van der Waals surface area contributed by atoms with Gasteiger partial charge in [0.2, 0.25) is 0 Å². The number of hydrogen-bond donors (Lipinski definition) is 1. The molecule has 0 spiro atoms. The molecule has 2 unspecified atom stereocenters. The Labute approximate surface area is 116 Å². The van der Waals surface area contributed by atoms with Crippen molar-refractivity contribution in [2.75, 3.05) is 11.9 Å². The zero-order valence-electron chi connectivity index (χ0n) is 10.3. The summed E-state index contributed by atoms with van der Waals surface area (Å²) < 4.78 is 0. The van der Waals surface area contributed by atoms with E-state index in [1.807, 2.05) is 0 Å². The molecule has 1 aromatic rings. The van der Waals surface area contributed by atoms with Gasteiger partial charge in [0.15, 0.2) is 0 Å². The van der Waals surface area contributed by atoms with Gasteiger partial charge in [0.1, 0.15) is 0 Å². The third-order valence-corrected chi connectivity index (χ3v) is 4.47. The number of alkyl halides is 1. The molecular formula is C13H18BrN3O. The summed E-state index contributed by atoms with van der Waals surface area (Å²) in [5, 5.41) is 11.4. The summed E-state index contributed by atoms with van der Waals surface area (Å²) >= 11 is 3.57. The lowest BCUT2D eigenvalue weighted by atomic mass is 9.80. The van der Waals surface area contributed by atoms with Gasteiger partial charge in [-0.2, -0.15) is 10.2 Å². The molecule has 1 amide bonds. The predicted molar refractivity (Wildman–Crippen MR) is 73.6 cm³/mol. The molecule has 2 atom stereocenters. The lowest BCUT2D eigenvalue weighted by Gasteiger charge is -2.30. The van der Waals surface area contributed by atoms with Gasteiger partial charge in [-0.25, -0.2) is 0 Å². The third-order valence-electron chi connectivity index (χ3n) is 3.64. The molecule has 0 bridgehead atoms. The van der Waals surface area contributed by atoms with Crippen molar-refractivity contribution in [1.29, 1.82) is 0 Å². The van der Waals surface area contributed by atoms with Gasteiger partial charge in [0.05, 0.1) is 18.0 Å². The number of nitrogens with zero attached hydrogens (tertiary/aromatic N) is 2. The Morgan fingerprint density at radius 2 is 2.11 bits per heavy atom. The maximum atomic E-state index is 11.9. The van der Waals surface area contributed by atoms with Crippen molar-refractivity contribution in [1.82, 2.24) is 15.5 Å². The second kappa shape index (κ2) is 6.83. The maximum absolute atomic E-state index is 11.9. The molecule has 1 aromatic heterocycles. The lowest BCUT2D eigenvalue weighted by molar-refractivity contribution is 0.0936. The van der Waals surface area contributed by atoms with E-state index in [4.69, 9.17) is 0 Å². The molecular weight excluding hydrogens is 294 g/mol. The van der Waals surface area contributed by atoms with Crippen molar-refractivity contribution < 1.29 is 4.79 Å². The van der Waals surface area contributed by atoms with E-state index in [1.165, 1.54) is 38.1 Å². The molecule has 1 N–H and O–H groups in total. The molecule has 1 fully saturated rings. The maximum Gasteiger partial charge on any atom is 0.252 e. The van der Waals surface area contributed by atoms with Crippen LogP contribution in [0.25, 0.3) is 0 Å². The van der Waals surface area contributed by atoms with Crippen LogP contribution >= 0.6 is 15.9 Å². The molecule has 98 valence electrons. The van der Waals surface area contributed by atoms with Gasteiger partial charge in [-0.15, -0.1) is 0 Å². The van der Waals surface area contributed by atoms with Crippen LogP contribution in [0.2, 0.25) is 0 Å². The van der Waals surface area contributed by atoms with Crippen LogP contribution in [0.1, 0.15) is 36.0 Å². The van der Waals surface area contributed by atoms with Crippen molar-refractivity contribution in [3.05, 3.63) is 24.0 Å². The monoisotopic (exact) mass is 311 g/mol. The van der Waals surface area contributed by atoms with Crippen LogP contribution in [0, 0.1) is 11.8 Å². The minimum Gasteiger partial charge on any atom is -0.352 e. The molecule has 4 nitrogen and oxygen atoms in total. The fraction of sp³-hybridized carbons (Fsp3) is 0.615. The fourth-order valence-electron chi connectivity index (χ4n) is 2.51. The summed E-state index contributed by atoms with van der Waals surface area (Å²) in [5.41, 5.74) is 0.580. The Kier molecular flexibility index (Phi) is 5.11. The Morgan fingerprint density at radius 3 is 2.78 bits per heavy atom. The summed E-state index contributed by atoms with van der Waals surface area (Å²) in [6.07, 6.45) is 8.11. The standard InChI is InChI=1S/C13H18BrN3O/c14-7-10-3-1-2-4-11(10)8-15-13(18)12-5-6-16-17-9-12/h5-6,9-11H,1-4,7-8H2,(H,15,18). The number of carbonyl (C=O) groups excluding carboxylic acids is 1. The quantitative estimate of drug-likeness (QED) is 0.869. The van der Waals surface area contributed by atoms with Crippen LogP contribution in [0.3, 0.4) is 0 Å². The van der Waals surface area contributed by atoms with Crippen molar-refractivity contribution >= 4 is 21.8 Å². The van der Waals surface area contributed by atoms with E-state index < -0.39 is 0 Å². The van der Waals surface area contributed by atoms with E-state index in [0.717, 1.165) is 11.9 Å². The smallest absolute Gasteiger partial charge is 0.252 e. The Bertz CT molecular complexity index is 385. The molecule has 1 aliphatic rings. The SMILES string of the molecule is O=C(NCC1CCCCC1CBr)c1ccnnc1. The molecule has 0 saturated heterocycles. The summed E-state index contributed by atoms with van der Waals surface area (Å²) in [6.45, 7) is 0.761. The zero-order valence-corrected chi connectivity index (χ0v) is 11.9. The van der Waals surface area contributed by atoms with Crippen LogP contribution in [0.15, 0.2) is 18.5 Å². The number of aromatic nitrogens is 2. The van der Waals surface area contributed by atoms with Crippen molar-refractivity contribution in [3.63, 3.8) is 0 Å². The number of rotatable bonds is 4. The normalized spacial score (nSPS) is 23.6. The van der Waals surface area contributed by atoms with Crippen molar-refractivity contribution in [2.24, 2.45) is 11.8 Å². The molecule has 0 aromatic carbocycles. The van der Waals surface area contributed by atoms with Crippen LogP contribution in [-0.4, -0.2) is 28.0 Å². The highest BCUT2D eigenvalue weighted by Gasteiger charge is 2.24. The summed E-state index contributed by atoms with van der Waals surface area (Å²) in [4.78, 5) is 11.9. The number of nitrogens with one attached hydrogen (secondary N) is 1. The largest absolute Gasteiger partial charge is 0.352 e. The molecule has 1 heterocycles.